The minimum atomic E-state index is -0.641. The lowest BCUT2D eigenvalue weighted by Gasteiger charge is -2.06. The second-order valence-electron chi connectivity index (χ2n) is 3.71. The van der Waals surface area contributed by atoms with Gasteiger partial charge in [-0.2, -0.15) is 0 Å². The number of aryl methyl sites for hydroxylation is 1. The highest BCUT2D eigenvalue weighted by Gasteiger charge is 2.19. The first-order chi connectivity index (χ1) is 8.63. The molecule has 0 radical (unpaired) electrons. The van der Waals surface area contributed by atoms with Crippen molar-refractivity contribution in [3.8, 4) is 17.0 Å². The number of hydrogen-bond donors (Lipinski definition) is 2. The van der Waals surface area contributed by atoms with Crippen molar-refractivity contribution in [2.75, 3.05) is 12.4 Å². The monoisotopic (exact) mass is 246 g/mol. The van der Waals surface area contributed by atoms with E-state index in [-0.39, 0.29) is 0 Å². The highest BCUT2D eigenvalue weighted by molar-refractivity contribution is 5.93. The molecule has 18 heavy (non-hydrogen) atoms. The van der Waals surface area contributed by atoms with Gasteiger partial charge in [0.1, 0.15) is 5.82 Å². The Bertz CT molecular complexity index is 563. The van der Waals surface area contributed by atoms with Gasteiger partial charge in [0.2, 0.25) is 5.88 Å². The summed E-state index contributed by atoms with van der Waals surface area (Å²) in [6.45, 7) is 0. The van der Waals surface area contributed by atoms with E-state index in [4.69, 9.17) is 10.5 Å². The van der Waals surface area contributed by atoms with Gasteiger partial charge in [-0.15, -0.1) is 5.10 Å². The van der Waals surface area contributed by atoms with Gasteiger partial charge in [-0.3, -0.25) is 5.32 Å². The van der Waals surface area contributed by atoms with E-state index in [0.29, 0.717) is 17.3 Å². The summed E-state index contributed by atoms with van der Waals surface area (Å²) in [4.78, 5) is 11.0. The Morgan fingerprint density at radius 2 is 2.06 bits per heavy atom. The summed E-state index contributed by atoms with van der Waals surface area (Å²) in [5.41, 5.74) is 6.76. The van der Waals surface area contributed by atoms with E-state index in [2.05, 4.69) is 10.4 Å². The third kappa shape index (κ3) is 2.13. The van der Waals surface area contributed by atoms with Crippen LogP contribution < -0.4 is 15.8 Å². The van der Waals surface area contributed by atoms with E-state index in [1.807, 2.05) is 30.3 Å². The molecular formula is C12H14N4O2. The molecule has 0 spiro atoms. The molecule has 2 aromatic rings. The molecule has 0 aliphatic rings. The summed E-state index contributed by atoms with van der Waals surface area (Å²) in [6.07, 6.45) is 0. The van der Waals surface area contributed by atoms with E-state index in [1.54, 1.807) is 7.05 Å². The molecule has 0 saturated heterocycles. The lowest BCUT2D eigenvalue weighted by molar-refractivity contribution is 0.259. The number of ether oxygens (including phenoxy) is 1. The molecule has 0 atom stereocenters. The van der Waals surface area contributed by atoms with E-state index in [9.17, 15) is 4.79 Å². The largest absolute Gasteiger partial charge is 0.479 e. The van der Waals surface area contributed by atoms with Crippen molar-refractivity contribution in [2.45, 2.75) is 0 Å². The van der Waals surface area contributed by atoms with Gasteiger partial charge in [-0.05, 0) is 5.56 Å². The maximum atomic E-state index is 11.0. The van der Waals surface area contributed by atoms with Crippen molar-refractivity contribution >= 4 is 11.8 Å². The lowest BCUT2D eigenvalue weighted by Crippen LogP contribution is -2.21. The van der Waals surface area contributed by atoms with Crippen LogP contribution >= 0.6 is 0 Å². The number of primary amides is 1. The van der Waals surface area contributed by atoms with Crippen LogP contribution in [0.3, 0.4) is 0 Å². The number of nitrogens with one attached hydrogen (secondary N) is 1. The summed E-state index contributed by atoms with van der Waals surface area (Å²) in [5.74, 6) is 0.943. The Morgan fingerprint density at radius 1 is 1.39 bits per heavy atom. The van der Waals surface area contributed by atoms with Crippen LogP contribution in [0.4, 0.5) is 10.6 Å². The van der Waals surface area contributed by atoms with E-state index in [1.165, 1.54) is 11.8 Å². The standard InChI is InChI=1S/C12H14N4O2/c1-16-10(14-12(13)17)9(11(15-16)18-2)8-6-4-3-5-7-8/h3-7H,1-2H3,(H3,13,14,17). The molecule has 2 rings (SSSR count). The molecule has 0 aliphatic carbocycles. The van der Waals surface area contributed by atoms with Gasteiger partial charge in [-0.1, -0.05) is 30.3 Å². The third-order valence-corrected chi connectivity index (χ3v) is 2.51. The Morgan fingerprint density at radius 3 is 2.61 bits per heavy atom. The molecule has 0 fully saturated rings. The van der Waals surface area contributed by atoms with Gasteiger partial charge >= 0.3 is 6.03 Å². The second-order valence-corrected chi connectivity index (χ2v) is 3.71. The number of carbonyl (C=O) groups excluding carboxylic acids is 1. The predicted octanol–water partition coefficient (Wildman–Crippen LogP) is 1.59. The van der Waals surface area contributed by atoms with E-state index < -0.39 is 6.03 Å². The van der Waals surface area contributed by atoms with Crippen molar-refractivity contribution in [2.24, 2.45) is 12.8 Å². The molecular weight excluding hydrogens is 232 g/mol. The van der Waals surface area contributed by atoms with Crippen molar-refractivity contribution in [3.63, 3.8) is 0 Å². The van der Waals surface area contributed by atoms with Crippen LogP contribution in [0, 0.1) is 0 Å². The number of methoxy groups -OCH3 is 1. The molecule has 0 unspecified atom stereocenters. The summed E-state index contributed by atoms with van der Waals surface area (Å²) in [7, 11) is 3.24. The van der Waals surface area contributed by atoms with Gasteiger partial charge in [0.15, 0.2) is 0 Å². The van der Waals surface area contributed by atoms with Gasteiger partial charge in [-0.25, -0.2) is 9.48 Å². The topological polar surface area (TPSA) is 82.2 Å². The summed E-state index contributed by atoms with van der Waals surface area (Å²) in [6, 6.07) is 8.88. The Labute approximate surface area is 104 Å². The fourth-order valence-corrected chi connectivity index (χ4v) is 1.77. The minimum Gasteiger partial charge on any atom is -0.479 e. The number of aromatic nitrogens is 2. The van der Waals surface area contributed by atoms with Gasteiger partial charge in [0.05, 0.1) is 12.7 Å². The average Bonchev–Trinajstić information content (AvgIpc) is 2.67. The van der Waals surface area contributed by atoms with Crippen LogP contribution in [0.25, 0.3) is 11.1 Å². The first kappa shape index (κ1) is 12.0. The Balaban J connectivity index is 2.59. The van der Waals surface area contributed by atoms with Gasteiger partial charge in [0, 0.05) is 7.05 Å². The second kappa shape index (κ2) is 4.79. The third-order valence-electron chi connectivity index (χ3n) is 2.51. The molecule has 1 aromatic carbocycles. The lowest BCUT2D eigenvalue weighted by atomic mass is 10.1. The highest BCUT2D eigenvalue weighted by Crippen LogP contribution is 2.35. The maximum Gasteiger partial charge on any atom is 0.317 e. The van der Waals surface area contributed by atoms with Crippen LogP contribution in [-0.2, 0) is 7.05 Å². The van der Waals surface area contributed by atoms with Crippen LogP contribution in [0.1, 0.15) is 0 Å². The number of anilines is 1. The van der Waals surface area contributed by atoms with E-state index >= 15 is 0 Å². The molecule has 3 N–H and O–H groups in total. The molecule has 6 heteroatoms. The zero-order valence-electron chi connectivity index (χ0n) is 10.2. The number of carbonyl (C=O) groups is 1. The van der Waals surface area contributed by atoms with Crippen LogP contribution in [-0.4, -0.2) is 22.9 Å². The summed E-state index contributed by atoms with van der Waals surface area (Å²) >= 11 is 0. The number of hydrogen-bond acceptors (Lipinski definition) is 3. The Kier molecular flexibility index (Phi) is 3.18. The number of rotatable bonds is 3. The van der Waals surface area contributed by atoms with Crippen molar-refractivity contribution in [1.29, 1.82) is 0 Å². The minimum absolute atomic E-state index is 0.437. The van der Waals surface area contributed by atoms with Gasteiger partial charge in [0.25, 0.3) is 0 Å². The number of urea groups is 1. The zero-order valence-corrected chi connectivity index (χ0v) is 10.2. The first-order valence-corrected chi connectivity index (χ1v) is 5.36. The number of nitrogens with two attached hydrogens (primary N) is 1. The number of amides is 2. The zero-order chi connectivity index (χ0) is 13.1. The molecule has 0 aliphatic heterocycles. The van der Waals surface area contributed by atoms with Gasteiger partial charge < -0.3 is 10.5 Å². The number of nitrogens with zero attached hydrogens (tertiary/aromatic N) is 2. The number of benzene rings is 1. The van der Waals surface area contributed by atoms with Crippen LogP contribution in [0.15, 0.2) is 30.3 Å². The van der Waals surface area contributed by atoms with Crippen molar-refractivity contribution < 1.29 is 9.53 Å². The predicted molar refractivity (Wildman–Crippen MR) is 68.4 cm³/mol. The first-order valence-electron chi connectivity index (χ1n) is 5.36. The SMILES string of the molecule is COc1nn(C)c(NC(N)=O)c1-c1ccccc1. The fraction of sp³-hybridized carbons (Fsp3) is 0.167. The molecule has 0 saturated carbocycles. The van der Waals surface area contributed by atoms with Crippen LogP contribution in [0.5, 0.6) is 5.88 Å². The molecule has 1 aromatic heterocycles. The van der Waals surface area contributed by atoms with E-state index in [0.717, 1.165) is 5.56 Å². The smallest absolute Gasteiger partial charge is 0.317 e. The normalized spacial score (nSPS) is 10.1. The average molecular weight is 246 g/mol. The molecule has 6 nitrogen and oxygen atoms in total. The van der Waals surface area contributed by atoms with Crippen molar-refractivity contribution in [1.82, 2.24) is 9.78 Å². The summed E-state index contributed by atoms with van der Waals surface area (Å²) in [5, 5.41) is 6.74. The molecule has 2 amide bonds. The maximum absolute atomic E-state index is 11.0. The molecule has 1 heterocycles. The van der Waals surface area contributed by atoms with Crippen LogP contribution in [0.2, 0.25) is 0 Å². The highest BCUT2D eigenvalue weighted by atomic mass is 16.5. The summed E-state index contributed by atoms with van der Waals surface area (Å²) < 4.78 is 6.74. The van der Waals surface area contributed by atoms with Crippen molar-refractivity contribution in [3.05, 3.63) is 30.3 Å². The molecule has 0 bridgehead atoms. The molecule has 94 valence electrons. The quantitative estimate of drug-likeness (QED) is 0.862. The Hall–Kier alpha value is -2.50. The fourth-order valence-electron chi connectivity index (χ4n) is 1.77.